The Hall–Kier alpha value is -3.36. The van der Waals surface area contributed by atoms with Gasteiger partial charge in [-0.2, -0.15) is 0 Å². The van der Waals surface area contributed by atoms with E-state index in [2.05, 4.69) is 15.5 Å². The van der Waals surface area contributed by atoms with Crippen LogP contribution in [0.25, 0.3) is 17.1 Å². The van der Waals surface area contributed by atoms with E-state index < -0.39 is 0 Å². The zero-order chi connectivity index (χ0) is 23.4. The predicted molar refractivity (Wildman–Crippen MR) is 129 cm³/mol. The Morgan fingerprint density at radius 1 is 1.12 bits per heavy atom. The van der Waals surface area contributed by atoms with E-state index in [1.54, 1.807) is 38.3 Å². The van der Waals surface area contributed by atoms with E-state index in [-0.39, 0.29) is 17.5 Å². The Morgan fingerprint density at radius 3 is 2.61 bits per heavy atom. The van der Waals surface area contributed by atoms with Gasteiger partial charge >= 0.3 is 0 Å². The Kier molecular flexibility index (Phi) is 6.96. The third kappa shape index (κ3) is 5.18. The van der Waals surface area contributed by atoms with Gasteiger partial charge in [0.25, 0.3) is 0 Å². The summed E-state index contributed by atoms with van der Waals surface area (Å²) < 4.78 is 21.1. The fourth-order valence-electron chi connectivity index (χ4n) is 3.19. The molecule has 3 aromatic carbocycles. The molecule has 4 aromatic rings. The molecule has 0 saturated carbocycles. The maximum atomic E-state index is 13.8. The molecule has 1 heterocycles. The molecular weight excluding hydrogens is 463 g/mol. The number of thioether (sulfide) groups is 1. The third-order valence-electron chi connectivity index (χ3n) is 4.85. The highest BCUT2D eigenvalue weighted by Gasteiger charge is 2.20. The average molecular weight is 483 g/mol. The quantitative estimate of drug-likeness (QED) is 0.338. The first-order valence-corrected chi connectivity index (χ1v) is 11.4. The Bertz CT molecular complexity index is 1290. The number of halogens is 2. The van der Waals surface area contributed by atoms with Gasteiger partial charge in [-0.05, 0) is 61.0 Å². The van der Waals surface area contributed by atoms with Crippen LogP contribution in [0.1, 0.15) is 5.56 Å². The average Bonchev–Trinajstić information content (AvgIpc) is 3.24. The van der Waals surface area contributed by atoms with E-state index in [0.717, 1.165) is 11.3 Å². The highest BCUT2D eigenvalue weighted by Crippen LogP contribution is 2.33. The number of carbonyl (C=O) groups excluding carboxylic acids is 1. The lowest BCUT2D eigenvalue weighted by Crippen LogP contribution is -2.14. The number of nitrogens with one attached hydrogen (secondary N) is 1. The monoisotopic (exact) mass is 482 g/mol. The predicted octanol–water partition coefficient (Wildman–Crippen LogP) is 5.77. The summed E-state index contributed by atoms with van der Waals surface area (Å²) in [6.07, 6.45) is 0. The summed E-state index contributed by atoms with van der Waals surface area (Å²) in [5, 5.41) is 12.5. The molecule has 4 rings (SSSR count). The van der Waals surface area contributed by atoms with Crippen molar-refractivity contribution in [1.82, 2.24) is 14.8 Å². The Balaban J connectivity index is 1.62. The summed E-state index contributed by atoms with van der Waals surface area (Å²) >= 11 is 7.29. The zero-order valence-electron chi connectivity index (χ0n) is 17.9. The van der Waals surface area contributed by atoms with Crippen molar-refractivity contribution in [1.29, 1.82) is 0 Å². The summed E-state index contributed by atoms with van der Waals surface area (Å²) in [6, 6.07) is 19.3. The number of ether oxygens (including phenoxy) is 1. The Morgan fingerprint density at radius 2 is 1.88 bits per heavy atom. The molecule has 0 saturated heterocycles. The van der Waals surface area contributed by atoms with E-state index in [1.165, 1.54) is 17.8 Å². The summed E-state index contributed by atoms with van der Waals surface area (Å²) in [6.45, 7) is 1.67. The highest BCUT2D eigenvalue weighted by molar-refractivity contribution is 7.99. The molecule has 9 heteroatoms. The SMILES string of the molecule is COc1ccccc1-c1nnc(SCC(=O)Nc2ccc(C)c(F)c2)n1-c1ccc(Cl)cc1. The number of rotatable bonds is 7. The number of aromatic nitrogens is 3. The number of para-hydroxylation sites is 1. The lowest BCUT2D eigenvalue weighted by molar-refractivity contribution is -0.113. The van der Waals surface area contributed by atoms with Crippen molar-refractivity contribution in [3.63, 3.8) is 0 Å². The van der Waals surface area contributed by atoms with Gasteiger partial charge in [-0.1, -0.05) is 41.6 Å². The van der Waals surface area contributed by atoms with E-state index in [9.17, 15) is 9.18 Å². The van der Waals surface area contributed by atoms with Crippen LogP contribution in [-0.4, -0.2) is 33.5 Å². The molecule has 0 bridgehead atoms. The molecule has 0 spiro atoms. The van der Waals surface area contributed by atoms with Crippen molar-refractivity contribution in [2.24, 2.45) is 0 Å². The number of carbonyl (C=O) groups is 1. The Labute approximate surface area is 199 Å². The highest BCUT2D eigenvalue weighted by atomic mass is 35.5. The third-order valence-corrected chi connectivity index (χ3v) is 6.03. The largest absolute Gasteiger partial charge is 0.496 e. The van der Waals surface area contributed by atoms with E-state index in [0.29, 0.717) is 33.0 Å². The number of nitrogens with zero attached hydrogens (tertiary/aromatic N) is 3. The molecule has 0 fully saturated rings. The van der Waals surface area contributed by atoms with Crippen LogP contribution in [0.15, 0.2) is 71.9 Å². The van der Waals surface area contributed by atoms with Gasteiger partial charge in [-0.25, -0.2) is 4.39 Å². The molecule has 0 atom stereocenters. The van der Waals surface area contributed by atoms with Crippen LogP contribution in [0.2, 0.25) is 5.02 Å². The summed E-state index contributed by atoms with van der Waals surface area (Å²) in [4.78, 5) is 12.5. The van der Waals surface area contributed by atoms with E-state index >= 15 is 0 Å². The smallest absolute Gasteiger partial charge is 0.234 e. The lowest BCUT2D eigenvalue weighted by atomic mass is 10.2. The molecule has 1 aromatic heterocycles. The van der Waals surface area contributed by atoms with Crippen LogP contribution in [0.4, 0.5) is 10.1 Å². The normalized spacial score (nSPS) is 10.8. The molecule has 1 amide bonds. The molecule has 33 heavy (non-hydrogen) atoms. The van der Waals surface area contributed by atoms with Crippen LogP contribution in [0, 0.1) is 12.7 Å². The molecule has 168 valence electrons. The number of aryl methyl sites for hydroxylation is 1. The molecule has 0 aliphatic heterocycles. The minimum atomic E-state index is -0.371. The second-order valence-corrected chi connectivity index (χ2v) is 8.50. The van der Waals surface area contributed by atoms with Crippen LogP contribution < -0.4 is 10.1 Å². The van der Waals surface area contributed by atoms with Gasteiger partial charge in [0, 0.05) is 16.4 Å². The number of amides is 1. The first-order chi connectivity index (χ1) is 16.0. The van der Waals surface area contributed by atoms with E-state index in [1.807, 2.05) is 41.0 Å². The second kappa shape index (κ2) is 10.1. The van der Waals surface area contributed by atoms with Crippen molar-refractivity contribution < 1.29 is 13.9 Å². The number of methoxy groups -OCH3 is 1. The van der Waals surface area contributed by atoms with Gasteiger partial charge in [0.1, 0.15) is 11.6 Å². The summed E-state index contributed by atoms with van der Waals surface area (Å²) in [7, 11) is 1.59. The van der Waals surface area contributed by atoms with Crippen molar-refractivity contribution in [2.75, 3.05) is 18.2 Å². The van der Waals surface area contributed by atoms with E-state index in [4.69, 9.17) is 16.3 Å². The first kappa shape index (κ1) is 22.8. The first-order valence-electron chi connectivity index (χ1n) is 10.00. The molecule has 0 unspecified atom stereocenters. The minimum absolute atomic E-state index is 0.0626. The van der Waals surface area contributed by atoms with Crippen molar-refractivity contribution in [3.05, 3.63) is 83.1 Å². The van der Waals surface area contributed by atoms with Crippen molar-refractivity contribution in [2.45, 2.75) is 12.1 Å². The molecule has 0 radical (unpaired) electrons. The molecule has 6 nitrogen and oxygen atoms in total. The van der Waals surface area contributed by atoms with Crippen molar-refractivity contribution in [3.8, 4) is 22.8 Å². The van der Waals surface area contributed by atoms with Crippen LogP contribution in [0.3, 0.4) is 0 Å². The number of benzene rings is 3. The number of anilines is 1. The zero-order valence-corrected chi connectivity index (χ0v) is 19.5. The van der Waals surface area contributed by atoms with Gasteiger partial charge in [0.2, 0.25) is 5.91 Å². The summed E-state index contributed by atoms with van der Waals surface area (Å²) in [5.41, 5.74) is 2.46. The molecular formula is C24H20ClFN4O2S. The van der Waals surface area contributed by atoms with Gasteiger partial charge in [-0.15, -0.1) is 10.2 Å². The molecule has 0 aliphatic rings. The van der Waals surface area contributed by atoms with Gasteiger partial charge < -0.3 is 10.1 Å². The van der Waals surface area contributed by atoms with Crippen molar-refractivity contribution >= 4 is 35.0 Å². The van der Waals surface area contributed by atoms with Crippen LogP contribution in [-0.2, 0) is 4.79 Å². The topological polar surface area (TPSA) is 69.0 Å². The summed E-state index contributed by atoms with van der Waals surface area (Å²) in [5.74, 6) is 0.624. The maximum Gasteiger partial charge on any atom is 0.234 e. The fourth-order valence-corrected chi connectivity index (χ4v) is 4.07. The fraction of sp³-hybridized carbons (Fsp3) is 0.125. The molecule has 0 aliphatic carbocycles. The van der Waals surface area contributed by atoms with Gasteiger partial charge in [0.15, 0.2) is 11.0 Å². The lowest BCUT2D eigenvalue weighted by Gasteiger charge is -2.12. The molecule has 1 N–H and O–H groups in total. The minimum Gasteiger partial charge on any atom is -0.496 e. The van der Waals surface area contributed by atoms with Gasteiger partial charge in [0.05, 0.1) is 18.4 Å². The van der Waals surface area contributed by atoms with Gasteiger partial charge in [-0.3, -0.25) is 9.36 Å². The number of hydrogen-bond acceptors (Lipinski definition) is 5. The van der Waals surface area contributed by atoms with Crippen LogP contribution >= 0.6 is 23.4 Å². The van der Waals surface area contributed by atoms with Crippen LogP contribution in [0.5, 0.6) is 5.75 Å². The maximum absolute atomic E-state index is 13.8. The standard InChI is InChI=1S/C24H20ClFN4O2S/c1-15-7-10-17(13-20(15)26)27-22(31)14-33-24-29-28-23(19-5-3-4-6-21(19)32-2)30(24)18-11-8-16(25)9-12-18/h3-13H,14H2,1-2H3,(H,27,31). The number of hydrogen-bond donors (Lipinski definition) is 1. The second-order valence-electron chi connectivity index (χ2n) is 7.12.